The van der Waals surface area contributed by atoms with E-state index in [2.05, 4.69) is 15.5 Å². The molecule has 0 aliphatic heterocycles. The summed E-state index contributed by atoms with van der Waals surface area (Å²) in [5, 5.41) is 22.4. The molecule has 1 unspecified atom stereocenters. The summed E-state index contributed by atoms with van der Waals surface area (Å²) in [5.74, 6) is 1.49. The zero-order valence-electron chi connectivity index (χ0n) is 29.2. The van der Waals surface area contributed by atoms with Crippen LogP contribution in [0.4, 0.5) is 13.2 Å². The normalized spacial score (nSPS) is 14.9. The number of hydrogen-bond donors (Lipinski definition) is 1. The summed E-state index contributed by atoms with van der Waals surface area (Å²) in [6.07, 6.45) is -3.12. The first kappa shape index (κ1) is 37.5. The Hall–Kier alpha value is -5.25. The first-order valence-corrected chi connectivity index (χ1v) is 18.1. The zero-order valence-corrected chi connectivity index (χ0v) is 30.1. The largest absolute Gasteiger partial charge is 0.497 e. The van der Waals surface area contributed by atoms with Gasteiger partial charge in [-0.15, -0.1) is 5.10 Å². The summed E-state index contributed by atoms with van der Waals surface area (Å²) >= 11 is 0. The Labute approximate surface area is 305 Å². The number of methoxy groups -OCH3 is 3. The number of rotatable bonds is 13. The Morgan fingerprint density at radius 2 is 1.34 bits per heavy atom. The van der Waals surface area contributed by atoms with Gasteiger partial charge in [-0.25, -0.2) is 13.1 Å². The summed E-state index contributed by atoms with van der Waals surface area (Å²) in [7, 11) is -0.509. The van der Waals surface area contributed by atoms with Gasteiger partial charge in [-0.05, 0) is 100.0 Å². The smallest absolute Gasteiger partial charge is 0.417 e. The number of ether oxygens (including phenoxy) is 3. The van der Waals surface area contributed by atoms with Gasteiger partial charge in [0.1, 0.15) is 22.1 Å². The van der Waals surface area contributed by atoms with E-state index >= 15 is 21.6 Å². The quantitative estimate of drug-likeness (QED) is 0.139. The van der Waals surface area contributed by atoms with Crippen molar-refractivity contribution < 1.29 is 40.9 Å². The maximum absolute atomic E-state index is 15.2. The van der Waals surface area contributed by atoms with Crippen molar-refractivity contribution in [2.75, 3.05) is 21.3 Å². The van der Waals surface area contributed by atoms with E-state index in [4.69, 9.17) is 14.2 Å². The van der Waals surface area contributed by atoms with Crippen molar-refractivity contribution in [3.63, 3.8) is 0 Å². The van der Waals surface area contributed by atoms with Crippen LogP contribution in [0.1, 0.15) is 47.1 Å². The monoisotopic (exact) mass is 749 g/mol. The number of hydrogen-bond acceptors (Lipinski definition) is 9. The van der Waals surface area contributed by atoms with E-state index < -0.39 is 32.8 Å². The standard InChI is InChI=1S/C38H38F3N5O6S/c1-50-30-14-4-25(5-15-30)22-45(23-26-6-16-31(51-2)17-7-26)53(48,49)36-34(38(39,40)41)21-20-33(28-10-12-29(47)13-11-28)35(36)37-42-43-44-46(37)24-27-8-18-32(52-3)19-9-27/h4-10,14-21,29,47H,11-13,22-24H2,1-3H3. The van der Waals surface area contributed by atoms with Crippen LogP contribution in [-0.2, 0) is 35.8 Å². The molecule has 11 nitrogen and oxygen atoms in total. The van der Waals surface area contributed by atoms with Crippen LogP contribution in [0.2, 0.25) is 0 Å². The van der Waals surface area contributed by atoms with Crippen LogP contribution in [0.15, 0.2) is 95.9 Å². The second kappa shape index (κ2) is 15.8. The molecular formula is C38H38F3N5O6S. The van der Waals surface area contributed by atoms with E-state index in [1.54, 1.807) is 78.9 Å². The number of halogens is 3. The molecule has 1 atom stereocenters. The fourth-order valence-electron chi connectivity index (χ4n) is 6.25. The molecule has 0 amide bonds. The van der Waals surface area contributed by atoms with Crippen LogP contribution in [0, 0.1) is 0 Å². The molecule has 1 heterocycles. The molecule has 1 N–H and O–H groups in total. The van der Waals surface area contributed by atoms with Crippen LogP contribution in [0.3, 0.4) is 0 Å². The number of tetrazole rings is 1. The van der Waals surface area contributed by atoms with Crippen molar-refractivity contribution in [1.29, 1.82) is 0 Å². The van der Waals surface area contributed by atoms with Gasteiger partial charge in [-0.2, -0.15) is 17.5 Å². The van der Waals surface area contributed by atoms with E-state index in [9.17, 15) is 5.11 Å². The van der Waals surface area contributed by atoms with Gasteiger partial charge in [-0.1, -0.05) is 48.5 Å². The Morgan fingerprint density at radius 3 is 1.81 bits per heavy atom. The number of sulfonamides is 1. The lowest BCUT2D eigenvalue weighted by Gasteiger charge is -2.28. The lowest BCUT2D eigenvalue weighted by atomic mass is 9.88. The zero-order chi connectivity index (χ0) is 37.8. The Morgan fingerprint density at radius 1 is 0.811 bits per heavy atom. The highest BCUT2D eigenvalue weighted by molar-refractivity contribution is 7.89. The molecule has 4 aromatic carbocycles. The van der Waals surface area contributed by atoms with Gasteiger partial charge in [0.2, 0.25) is 10.0 Å². The molecule has 0 spiro atoms. The van der Waals surface area contributed by atoms with Crippen molar-refractivity contribution >= 4 is 15.6 Å². The SMILES string of the molecule is COc1ccc(CN(Cc2ccc(OC)cc2)S(=O)(=O)c2c(C(F)(F)F)ccc(C3=CCC(O)CC3)c2-c2nnnn2Cc2ccc(OC)cc2)cc1. The Kier molecular flexibility index (Phi) is 11.2. The lowest BCUT2D eigenvalue weighted by Crippen LogP contribution is -2.33. The van der Waals surface area contributed by atoms with Gasteiger partial charge in [0.25, 0.3) is 0 Å². The number of allylic oxidation sites excluding steroid dienone is 1. The van der Waals surface area contributed by atoms with Gasteiger partial charge in [0, 0.05) is 18.7 Å². The fraction of sp³-hybridized carbons (Fsp3) is 0.289. The van der Waals surface area contributed by atoms with Crippen molar-refractivity contribution in [1.82, 2.24) is 24.5 Å². The number of aliphatic hydroxyl groups excluding tert-OH is 1. The summed E-state index contributed by atoms with van der Waals surface area (Å²) in [5.41, 5.74) is 0.883. The van der Waals surface area contributed by atoms with Crippen molar-refractivity contribution in [2.24, 2.45) is 0 Å². The minimum Gasteiger partial charge on any atom is -0.497 e. The molecule has 15 heteroatoms. The third-order valence-electron chi connectivity index (χ3n) is 9.07. The van der Waals surface area contributed by atoms with Gasteiger partial charge in [-0.3, -0.25) is 0 Å². The van der Waals surface area contributed by atoms with E-state index in [0.717, 1.165) is 10.4 Å². The topological polar surface area (TPSA) is 129 Å². The average Bonchev–Trinajstić information content (AvgIpc) is 3.62. The molecule has 53 heavy (non-hydrogen) atoms. The van der Waals surface area contributed by atoms with Crippen molar-refractivity contribution in [2.45, 2.75) is 56.1 Å². The number of nitrogens with zero attached hydrogens (tertiary/aromatic N) is 5. The minimum atomic E-state index is -5.09. The molecule has 1 aliphatic rings. The van der Waals surface area contributed by atoms with E-state index in [0.29, 0.717) is 52.4 Å². The molecule has 278 valence electrons. The predicted molar refractivity (Wildman–Crippen MR) is 191 cm³/mol. The maximum atomic E-state index is 15.2. The third kappa shape index (κ3) is 8.37. The van der Waals surface area contributed by atoms with Crippen molar-refractivity contribution in [3.8, 4) is 28.6 Å². The highest BCUT2D eigenvalue weighted by Gasteiger charge is 2.43. The van der Waals surface area contributed by atoms with Crippen LogP contribution >= 0.6 is 0 Å². The maximum Gasteiger partial charge on any atom is 0.417 e. The molecule has 1 aromatic heterocycles. The van der Waals surface area contributed by atoms with E-state index in [1.165, 1.54) is 32.1 Å². The average molecular weight is 750 g/mol. The second-order valence-corrected chi connectivity index (χ2v) is 14.4. The van der Waals surface area contributed by atoms with Crippen LogP contribution in [0.25, 0.3) is 17.0 Å². The first-order valence-electron chi connectivity index (χ1n) is 16.7. The Bertz CT molecular complexity index is 2120. The molecule has 5 aromatic rings. The lowest BCUT2D eigenvalue weighted by molar-refractivity contribution is -0.139. The van der Waals surface area contributed by atoms with Crippen LogP contribution in [0.5, 0.6) is 17.2 Å². The molecule has 0 saturated carbocycles. The van der Waals surface area contributed by atoms with Crippen LogP contribution < -0.4 is 14.2 Å². The van der Waals surface area contributed by atoms with Gasteiger partial charge in [0.15, 0.2) is 5.82 Å². The predicted octanol–water partition coefficient (Wildman–Crippen LogP) is 6.75. The van der Waals surface area contributed by atoms with E-state index in [1.807, 2.05) is 0 Å². The number of aliphatic hydroxyl groups is 1. The molecule has 0 saturated heterocycles. The van der Waals surface area contributed by atoms with Crippen molar-refractivity contribution in [3.05, 3.63) is 119 Å². The summed E-state index contributed by atoms with van der Waals surface area (Å²) < 4.78 is 94.1. The highest BCUT2D eigenvalue weighted by atomic mass is 32.2. The Balaban J connectivity index is 1.59. The minimum absolute atomic E-state index is 0.0146. The number of alkyl halides is 3. The fourth-order valence-corrected chi connectivity index (χ4v) is 8.06. The molecule has 0 radical (unpaired) electrons. The van der Waals surface area contributed by atoms with Gasteiger partial charge in [0.05, 0.1) is 39.5 Å². The number of benzene rings is 4. The van der Waals surface area contributed by atoms with Crippen LogP contribution in [-0.4, -0.2) is 65.5 Å². The molecule has 1 aliphatic carbocycles. The van der Waals surface area contributed by atoms with E-state index in [-0.39, 0.29) is 43.0 Å². The summed E-state index contributed by atoms with van der Waals surface area (Å²) in [6.45, 7) is -0.531. The molecule has 0 fully saturated rings. The second-order valence-electron chi connectivity index (χ2n) is 12.5. The first-order chi connectivity index (χ1) is 25.4. The summed E-state index contributed by atoms with van der Waals surface area (Å²) in [6, 6.07) is 22.3. The summed E-state index contributed by atoms with van der Waals surface area (Å²) in [4.78, 5) is -0.970. The molecule has 0 bridgehead atoms. The van der Waals surface area contributed by atoms with Gasteiger partial charge < -0.3 is 19.3 Å². The molecule has 6 rings (SSSR count). The molecular weight excluding hydrogens is 712 g/mol. The number of aromatic nitrogens is 4. The van der Waals surface area contributed by atoms with Gasteiger partial charge >= 0.3 is 6.18 Å². The highest BCUT2D eigenvalue weighted by Crippen LogP contribution is 2.45. The third-order valence-corrected chi connectivity index (χ3v) is 11.0.